The second kappa shape index (κ2) is 6.67. The Balaban J connectivity index is 3.04. The highest BCUT2D eigenvalue weighted by molar-refractivity contribution is 6.02. The summed E-state index contributed by atoms with van der Waals surface area (Å²) in [5.74, 6) is -2.29. The van der Waals surface area contributed by atoms with E-state index in [0.29, 0.717) is 5.69 Å². The van der Waals surface area contributed by atoms with Gasteiger partial charge in [-0.25, -0.2) is 4.79 Å². The molecule has 0 aliphatic carbocycles. The first-order valence-electron chi connectivity index (χ1n) is 6.01. The van der Waals surface area contributed by atoms with Crippen LogP contribution < -0.4 is 16.4 Å². The maximum Gasteiger partial charge on any atom is 0.337 e. The van der Waals surface area contributed by atoms with Gasteiger partial charge in [-0.3, -0.25) is 9.59 Å². The van der Waals surface area contributed by atoms with Gasteiger partial charge in [-0.05, 0) is 18.2 Å². The zero-order valence-electron chi connectivity index (χ0n) is 11.3. The molecule has 0 aliphatic rings. The topological polar surface area (TPSA) is 122 Å². The van der Waals surface area contributed by atoms with Crippen molar-refractivity contribution in [1.82, 2.24) is 0 Å². The molecule has 0 saturated carbocycles. The molecule has 0 saturated heterocycles. The maximum absolute atomic E-state index is 11.7. The number of nitrogens with two attached hydrogens (primary N) is 1. The third-order valence-electron chi connectivity index (χ3n) is 2.63. The quantitative estimate of drug-likeness (QED) is 0.637. The molecule has 0 aliphatic heterocycles. The van der Waals surface area contributed by atoms with Gasteiger partial charge in [-0.2, -0.15) is 0 Å². The molecule has 7 nitrogen and oxygen atoms in total. The summed E-state index contributed by atoms with van der Waals surface area (Å²) >= 11 is 0. The van der Waals surface area contributed by atoms with Crippen LogP contribution in [-0.2, 0) is 9.59 Å². The highest BCUT2D eigenvalue weighted by Crippen LogP contribution is 2.21. The van der Waals surface area contributed by atoms with Crippen LogP contribution >= 0.6 is 0 Å². The van der Waals surface area contributed by atoms with Crippen LogP contribution in [0.1, 0.15) is 24.2 Å². The first-order valence-corrected chi connectivity index (χ1v) is 6.01. The minimum atomic E-state index is -1.20. The number of nitrogens with one attached hydrogen (secondary N) is 2. The average Bonchev–Trinajstić information content (AvgIpc) is 2.38. The van der Waals surface area contributed by atoms with E-state index < -0.39 is 11.9 Å². The van der Waals surface area contributed by atoms with Crippen molar-refractivity contribution in [1.29, 1.82) is 0 Å². The fourth-order valence-electron chi connectivity index (χ4n) is 1.47. The predicted molar refractivity (Wildman–Crippen MR) is 74.6 cm³/mol. The molecule has 1 aromatic carbocycles. The van der Waals surface area contributed by atoms with E-state index >= 15 is 0 Å². The Kier molecular flexibility index (Phi) is 5.22. The molecule has 1 unspecified atom stereocenters. The van der Waals surface area contributed by atoms with E-state index in [1.54, 1.807) is 6.92 Å². The third kappa shape index (κ3) is 4.06. The molecule has 0 bridgehead atoms. The highest BCUT2D eigenvalue weighted by Gasteiger charge is 2.16. The van der Waals surface area contributed by atoms with Crippen LogP contribution in [0.15, 0.2) is 18.2 Å². The second-order valence-electron chi connectivity index (χ2n) is 4.37. The van der Waals surface area contributed by atoms with Gasteiger partial charge in [0, 0.05) is 25.1 Å². The van der Waals surface area contributed by atoms with Gasteiger partial charge in [0.15, 0.2) is 0 Å². The zero-order valence-corrected chi connectivity index (χ0v) is 11.3. The Hall–Kier alpha value is -2.41. The van der Waals surface area contributed by atoms with E-state index in [-0.39, 0.29) is 29.6 Å². The number of carboxylic acids is 1. The fourth-order valence-corrected chi connectivity index (χ4v) is 1.47. The van der Waals surface area contributed by atoms with Crippen molar-refractivity contribution in [3.05, 3.63) is 23.8 Å². The van der Waals surface area contributed by atoms with Gasteiger partial charge in [0.2, 0.25) is 11.8 Å². The first kappa shape index (κ1) is 15.6. The monoisotopic (exact) mass is 279 g/mol. The number of carbonyl (C=O) groups excluding carboxylic acids is 2. The van der Waals surface area contributed by atoms with Crippen LogP contribution in [-0.4, -0.2) is 29.4 Å². The molecule has 0 aromatic heterocycles. The van der Waals surface area contributed by atoms with Gasteiger partial charge in [0.25, 0.3) is 0 Å². The molecule has 0 fully saturated rings. The summed E-state index contributed by atoms with van der Waals surface area (Å²) in [5, 5.41) is 14.1. The predicted octanol–water partition coefficient (Wildman–Crippen LogP) is 0.876. The molecule has 2 amide bonds. The highest BCUT2D eigenvalue weighted by atomic mass is 16.4. The zero-order chi connectivity index (χ0) is 15.3. The SMILES string of the molecule is CC(=O)Nc1ccc(NC(=O)C(C)CN)c(C(=O)O)c1. The van der Waals surface area contributed by atoms with Crippen LogP contribution in [0.4, 0.5) is 11.4 Å². The summed E-state index contributed by atoms with van der Waals surface area (Å²) in [4.78, 5) is 33.9. The van der Waals surface area contributed by atoms with Gasteiger partial charge in [0.05, 0.1) is 11.3 Å². The molecule has 7 heteroatoms. The van der Waals surface area contributed by atoms with Crippen LogP contribution in [0, 0.1) is 5.92 Å². The lowest BCUT2D eigenvalue weighted by molar-refractivity contribution is -0.119. The van der Waals surface area contributed by atoms with E-state index in [2.05, 4.69) is 10.6 Å². The maximum atomic E-state index is 11.7. The van der Waals surface area contributed by atoms with Gasteiger partial charge < -0.3 is 21.5 Å². The minimum absolute atomic E-state index is 0.103. The van der Waals surface area contributed by atoms with Crippen LogP contribution in [0.5, 0.6) is 0 Å². The lowest BCUT2D eigenvalue weighted by Crippen LogP contribution is -2.27. The van der Waals surface area contributed by atoms with Crippen LogP contribution in [0.3, 0.4) is 0 Å². The first-order chi connectivity index (χ1) is 9.35. The summed E-state index contributed by atoms with van der Waals surface area (Å²) in [5.41, 5.74) is 5.79. The summed E-state index contributed by atoms with van der Waals surface area (Å²) in [6.07, 6.45) is 0. The normalized spacial score (nSPS) is 11.6. The number of aromatic carboxylic acids is 1. The van der Waals surface area contributed by atoms with Crippen molar-refractivity contribution >= 4 is 29.2 Å². The summed E-state index contributed by atoms with van der Waals surface area (Å²) < 4.78 is 0. The molecule has 1 aromatic rings. The van der Waals surface area contributed by atoms with E-state index in [1.165, 1.54) is 25.1 Å². The van der Waals surface area contributed by atoms with Crippen molar-refractivity contribution in [3.63, 3.8) is 0 Å². The Bertz CT molecular complexity index is 542. The Morgan fingerprint density at radius 3 is 2.45 bits per heavy atom. The number of carboxylic acid groups (broad SMARTS) is 1. The summed E-state index contributed by atoms with van der Waals surface area (Å²) in [7, 11) is 0. The van der Waals surface area contributed by atoms with Gasteiger partial charge >= 0.3 is 5.97 Å². The molecular formula is C13H17N3O4. The molecule has 20 heavy (non-hydrogen) atoms. The number of amides is 2. The molecule has 1 rings (SSSR count). The number of benzene rings is 1. The lowest BCUT2D eigenvalue weighted by Gasteiger charge is -2.13. The average molecular weight is 279 g/mol. The molecule has 5 N–H and O–H groups in total. The Morgan fingerprint density at radius 2 is 1.95 bits per heavy atom. The third-order valence-corrected chi connectivity index (χ3v) is 2.63. The van der Waals surface area contributed by atoms with Crippen molar-refractivity contribution in [3.8, 4) is 0 Å². The number of hydrogen-bond acceptors (Lipinski definition) is 4. The molecule has 0 spiro atoms. The number of hydrogen-bond donors (Lipinski definition) is 4. The standard InChI is InChI=1S/C13H17N3O4/c1-7(6-14)12(18)16-11-4-3-9(15-8(2)17)5-10(11)13(19)20/h3-5,7H,6,14H2,1-2H3,(H,15,17)(H,16,18)(H,19,20). The second-order valence-corrected chi connectivity index (χ2v) is 4.37. The largest absolute Gasteiger partial charge is 0.478 e. The van der Waals surface area contributed by atoms with Crippen molar-refractivity contribution in [2.24, 2.45) is 11.7 Å². The van der Waals surface area contributed by atoms with Crippen LogP contribution in [0.25, 0.3) is 0 Å². The molecule has 0 radical (unpaired) electrons. The van der Waals surface area contributed by atoms with Gasteiger partial charge in [-0.15, -0.1) is 0 Å². The Labute approximate surface area is 116 Å². The molecular weight excluding hydrogens is 262 g/mol. The van der Waals surface area contributed by atoms with Crippen molar-refractivity contribution < 1.29 is 19.5 Å². The fraction of sp³-hybridized carbons (Fsp3) is 0.308. The Morgan fingerprint density at radius 1 is 1.30 bits per heavy atom. The van der Waals surface area contributed by atoms with Crippen LogP contribution in [0.2, 0.25) is 0 Å². The van der Waals surface area contributed by atoms with E-state index in [1.807, 2.05) is 0 Å². The van der Waals surface area contributed by atoms with Gasteiger partial charge in [-0.1, -0.05) is 6.92 Å². The van der Waals surface area contributed by atoms with Gasteiger partial charge in [0.1, 0.15) is 0 Å². The number of carbonyl (C=O) groups is 3. The summed E-state index contributed by atoms with van der Waals surface area (Å²) in [6.45, 7) is 3.12. The summed E-state index contributed by atoms with van der Waals surface area (Å²) in [6, 6.07) is 4.22. The smallest absolute Gasteiger partial charge is 0.337 e. The molecule has 108 valence electrons. The molecule has 1 atom stereocenters. The minimum Gasteiger partial charge on any atom is -0.478 e. The van der Waals surface area contributed by atoms with E-state index in [0.717, 1.165) is 0 Å². The molecule has 0 heterocycles. The van der Waals surface area contributed by atoms with Crippen molar-refractivity contribution in [2.75, 3.05) is 17.2 Å². The van der Waals surface area contributed by atoms with Crippen molar-refractivity contribution in [2.45, 2.75) is 13.8 Å². The lowest BCUT2D eigenvalue weighted by atomic mass is 10.1. The number of anilines is 2. The van der Waals surface area contributed by atoms with E-state index in [9.17, 15) is 14.4 Å². The number of rotatable bonds is 5. The van der Waals surface area contributed by atoms with E-state index in [4.69, 9.17) is 10.8 Å².